The summed E-state index contributed by atoms with van der Waals surface area (Å²) in [4.78, 5) is 26.7. The number of carbonyl (C=O) groups excluding carboxylic acids is 1. The first kappa shape index (κ1) is 18.2. The number of carbonyl (C=O) groups is 1. The van der Waals surface area contributed by atoms with Gasteiger partial charge in [-0.25, -0.2) is 9.97 Å². The Bertz CT molecular complexity index is 968. The van der Waals surface area contributed by atoms with Crippen molar-refractivity contribution in [1.82, 2.24) is 14.9 Å². The van der Waals surface area contributed by atoms with Crippen LogP contribution in [-0.4, -0.2) is 47.0 Å². The lowest BCUT2D eigenvalue weighted by atomic mass is 9.96. The van der Waals surface area contributed by atoms with Crippen molar-refractivity contribution in [3.8, 4) is 0 Å². The Kier molecular flexibility index (Phi) is 4.92. The molecule has 0 atom stereocenters. The minimum atomic E-state index is 0.0923. The van der Waals surface area contributed by atoms with Crippen LogP contribution in [0.3, 0.4) is 0 Å². The summed E-state index contributed by atoms with van der Waals surface area (Å²) in [6, 6.07) is 11.7. The minimum Gasteiger partial charge on any atom is -0.440 e. The molecule has 0 spiro atoms. The van der Waals surface area contributed by atoms with Gasteiger partial charge in [-0.1, -0.05) is 12.1 Å². The number of likely N-dealkylation sites (tertiary alicyclic amines) is 1. The lowest BCUT2D eigenvalue weighted by molar-refractivity contribution is 0.0707. The number of hydrogen-bond acceptors (Lipinski definition) is 5. The van der Waals surface area contributed by atoms with E-state index in [1.54, 1.807) is 6.20 Å². The Morgan fingerprint density at radius 2 is 1.76 bits per heavy atom. The average molecular weight is 390 g/mol. The molecule has 1 amide bonds. The maximum Gasteiger partial charge on any atom is 0.257 e. The molecule has 2 aromatic heterocycles. The fourth-order valence-electron chi connectivity index (χ4n) is 4.49. The van der Waals surface area contributed by atoms with Gasteiger partial charge in [0.05, 0.1) is 5.56 Å². The molecule has 0 saturated carbocycles. The van der Waals surface area contributed by atoms with Gasteiger partial charge in [-0.3, -0.25) is 4.79 Å². The van der Waals surface area contributed by atoms with E-state index in [2.05, 4.69) is 14.9 Å². The van der Waals surface area contributed by atoms with Crippen LogP contribution < -0.4 is 4.90 Å². The van der Waals surface area contributed by atoms with E-state index in [0.717, 1.165) is 67.4 Å². The predicted molar refractivity (Wildman–Crippen MR) is 112 cm³/mol. The van der Waals surface area contributed by atoms with Crippen molar-refractivity contribution >= 4 is 22.8 Å². The van der Waals surface area contributed by atoms with E-state index in [9.17, 15) is 4.79 Å². The van der Waals surface area contributed by atoms with Crippen LogP contribution in [-0.2, 0) is 0 Å². The van der Waals surface area contributed by atoms with Gasteiger partial charge in [0, 0.05) is 38.3 Å². The molecular weight excluding hydrogens is 364 g/mol. The standard InChI is InChI=1S/C23H26N4O2/c28-23(18-7-6-12-24-21(18)26-13-4-1-5-14-26)27-15-10-17(11-16-27)22-25-19-8-2-3-9-20(19)29-22/h2-3,6-9,12,17H,1,4-5,10-11,13-16H2. The summed E-state index contributed by atoms with van der Waals surface area (Å²) in [6.45, 7) is 3.40. The van der Waals surface area contributed by atoms with Crippen LogP contribution in [0.15, 0.2) is 47.0 Å². The van der Waals surface area contributed by atoms with Gasteiger partial charge in [-0.15, -0.1) is 0 Å². The van der Waals surface area contributed by atoms with Crippen LogP contribution in [0.5, 0.6) is 0 Å². The highest BCUT2D eigenvalue weighted by molar-refractivity contribution is 5.99. The quantitative estimate of drug-likeness (QED) is 0.670. The molecule has 0 N–H and O–H groups in total. The van der Waals surface area contributed by atoms with Crippen molar-refractivity contribution in [3.05, 3.63) is 54.0 Å². The summed E-state index contributed by atoms with van der Waals surface area (Å²) in [7, 11) is 0. The Morgan fingerprint density at radius 3 is 2.55 bits per heavy atom. The molecule has 0 radical (unpaired) electrons. The summed E-state index contributed by atoms with van der Waals surface area (Å²) in [5, 5.41) is 0. The van der Waals surface area contributed by atoms with Gasteiger partial charge in [-0.2, -0.15) is 0 Å². The first-order chi connectivity index (χ1) is 14.3. The van der Waals surface area contributed by atoms with Crippen LogP contribution in [0.25, 0.3) is 11.1 Å². The fourth-order valence-corrected chi connectivity index (χ4v) is 4.49. The number of fused-ring (bicyclic) bond motifs is 1. The number of nitrogens with zero attached hydrogens (tertiary/aromatic N) is 4. The normalized spacial score (nSPS) is 18.3. The Labute approximate surface area is 170 Å². The Hall–Kier alpha value is -2.89. The van der Waals surface area contributed by atoms with Gasteiger partial charge < -0.3 is 14.2 Å². The lowest BCUT2D eigenvalue weighted by Gasteiger charge is -2.33. The van der Waals surface area contributed by atoms with Crippen LogP contribution >= 0.6 is 0 Å². The van der Waals surface area contributed by atoms with Crippen molar-refractivity contribution in [1.29, 1.82) is 0 Å². The maximum atomic E-state index is 13.3. The molecule has 4 heterocycles. The topological polar surface area (TPSA) is 62.5 Å². The number of hydrogen-bond donors (Lipinski definition) is 0. The number of aromatic nitrogens is 2. The van der Waals surface area contributed by atoms with Crippen LogP contribution in [0.4, 0.5) is 5.82 Å². The summed E-state index contributed by atoms with van der Waals surface area (Å²) in [6.07, 6.45) is 7.13. The minimum absolute atomic E-state index is 0.0923. The van der Waals surface area contributed by atoms with Crippen LogP contribution in [0.2, 0.25) is 0 Å². The molecule has 0 unspecified atom stereocenters. The third-order valence-electron chi connectivity index (χ3n) is 6.11. The van der Waals surface area contributed by atoms with E-state index >= 15 is 0 Å². The number of oxazole rings is 1. The van der Waals surface area contributed by atoms with Crippen molar-refractivity contribution in [2.75, 3.05) is 31.1 Å². The number of para-hydroxylation sites is 2. The first-order valence-corrected chi connectivity index (χ1v) is 10.6. The van der Waals surface area contributed by atoms with E-state index in [1.165, 1.54) is 19.3 Å². The zero-order valence-corrected chi connectivity index (χ0v) is 16.6. The average Bonchev–Trinajstić information content (AvgIpc) is 3.24. The van der Waals surface area contributed by atoms with Crippen molar-refractivity contribution in [2.45, 2.75) is 38.0 Å². The molecule has 5 rings (SSSR count). The third-order valence-corrected chi connectivity index (χ3v) is 6.11. The molecule has 3 aromatic rings. The Morgan fingerprint density at radius 1 is 0.966 bits per heavy atom. The summed E-state index contributed by atoms with van der Waals surface area (Å²) in [5.74, 6) is 2.00. The van der Waals surface area contributed by atoms with Crippen LogP contribution in [0, 0.1) is 0 Å². The second-order valence-electron chi connectivity index (χ2n) is 8.01. The number of benzene rings is 1. The highest BCUT2D eigenvalue weighted by Crippen LogP contribution is 2.31. The Balaban J connectivity index is 1.29. The van der Waals surface area contributed by atoms with Crippen molar-refractivity contribution in [3.63, 3.8) is 0 Å². The largest absolute Gasteiger partial charge is 0.440 e. The zero-order chi connectivity index (χ0) is 19.6. The highest BCUT2D eigenvalue weighted by atomic mass is 16.3. The number of anilines is 1. The maximum absolute atomic E-state index is 13.3. The monoisotopic (exact) mass is 390 g/mol. The number of piperidine rings is 2. The van der Waals surface area contributed by atoms with Gasteiger partial charge in [0.25, 0.3) is 5.91 Å². The number of pyridine rings is 1. The summed E-state index contributed by atoms with van der Waals surface area (Å²) in [5.41, 5.74) is 2.47. The molecule has 2 fully saturated rings. The van der Waals surface area contributed by atoms with Gasteiger partial charge in [-0.05, 0) is 56.4 Å². The van der Waals surface area contributed by atoms with Gasteiger partial charge in [0.15, 0.2) is 11.5 Å². The zero-order valence-electron chi connectivity index (χ0n) is 16.6. The first-order valence-electron chi connectivity index (χ1n) is 10.6. The molecule has 29 heavy (non-hydrogen) atoms. The molecule has 0 aliphatic carbocycles. The fraction of sp³-hybridized carbons (Fsp3) is 0.435. The molecule has 2 aliphatic rings. The molecule has 0 bridgehead atoms. The second kappa shape index (κ2) is 7.85. The molecule has 2 saturated heterocycles. The highest BCUT2D eigenvalue weighted by Gasteiger charge is 2.29. The molecule has 150 valence electrons. The van der Waals surface area contributed by atoms with Crippen molar-refractivity contribution < 1.29 is 9.21 Å². The van der Waals surface area contributed by atoms with E-state index in [1.807, 2.05) is 41.3 Å². The molecular formula is C23H26N4O2. The van der Waals surface area contributed by atoms with E-state index in [4.69, 9.17) is 4.42 Å². The van der Waals surface area contributed by atoms with Crippen molar-refractivity contribution in [2.24, 2.45) is 0 Å². The predicted octanol–water partition coefficient (Wildman–Crippen LogP) is 4.23. The van der Waals surface area contributed by atoms with Crippen LogP contribution in [0.1, 0.15) is 54.3 Å². The number of rotatable bonds is 3. The molecule has 6 nitrogen and oxygen atoms in total. The summed E-state index contributed by atoms with van der Waals surface area (Å²) < 4.78 is 5.96. The summed E-state index contributed by atoms with van der Waals surface area (Å²) >= 11 is 0. The van der Waals surface area contributed by atoms with Gasteiger partial charge >= 0.3 is 0 Å². The third kappa shape index (κ3) is 3.59. The van der Waals surface area contributed by atoms with E-state index in [-0.39, 0.29) is 11.8 Å². The number of amides is 1. The SMILES string of the molecule is O=C(c1cccnc1N1CCCCC1)N1CCC(c2nc3ccccc3o2)CC1. The second-order valence-corrected chi connectivity index (χ2v) is 8.01. The molecule has 2 aliphatic heterocycles. The smallest absolute Gasteiger partial charge is 0.257 e. The van der Waals surface area contributed by atoms with Gasteiger partial charge in [0.2, 0.25) is 0 Å². The van der Waals surface area contributed by atoms with Gasteiger partial charge in [0.1, 0.15) is 11.3 Å². The van der Waals surface area contributed by atoms with E-state index in [0.29, 0.717) is 0 Å². The van der Waals surface area contributed by atoms with E-state index < -0.39 is 0 Å². The lowest BCUT2D eigenvalue weighted by Crippen LogP contribution is -2.39. The molecule has 1 aromatic carbocycles. The molecule has 6 heteroatoms.